The highest BCUT2D eigenvalue weighted by molar-refractivity contribution is 6.13. The number of amides is 4. The lowest BCUT2D eigenvalue weighted by atomic mass is 10.2. The third-order valence-corrected chi connectivity index (χ3v) is 3.06. The van der Waals surface area contributed by atoms with Crippen molar-refractivity contribution in [1.29, 1.82) is 0 Å². The van der Waals surface area contributed by atoms with E-state index in [-0.39, 0.29) is 25.6 Å². The molecule has 1 heterocycles. The van der Waals surface area contributed by atoms with Gasteiger partial charge in [-0.3, -0.25) is 19.3 Å². The predicted molar refractivity (Wildman–Crippen MR) is 76.5 cm³/mol. The summed E-state index contributed by atoms with van der Waals surface area (Å²) in [6, 6.07) is -0.739. The number of carbonyl (C=O) groups excluding carboxylic acids is 4. The minimum Gasteiger partial charge on any atom is -0.447 e. The Morgan fingerprint density at radius 2 is 1.77 bits per heavy atom. The summed E-state index contributed by atoms with van der Waals surface area (Å²) in [4.78, 5) is 49.8. The van der Waals surface area contributed by atoms with Crippen LogP contribution in [0.3, 0.4) is 0 Å². The Kier molecular flexibility index (Phi) is 6.05. The van der Waals surface area contributed by atoms with Gasteiger partial charge in [0.1, 0.15) is 13.2 Å². The van der Waals surface area contributed by atoms with Crippen LogP contribution in [0.5, 0.6) is 0 Å². The van der Waals surface area contributed by atoms with Crippen LogP contribution in [0.15, 0.2) is 12.2 Å². The lowest BCUT2D eigenvalue weighted by Gasteiger charge is -2.25. The molecule has 9 nitrogen and oxygen atoms in total. The molecule has 0 radical (unpaired) electrons. The largest absolute Gasteiger partial charge is 0.447 e. The van der Waals surface area contributed by atoms with Crippen LogP contribution in [-0.4, -0.2) is 85.4 Å². The summed E-state index contributed by atoms with van der Waals surface area (Å²) in [5, 5.41) is 0. The van der Waals surface area contributed by atoms with Crippen LogP contribution in [0.4, 0.5) is 4.79 Å². The fraction of sp³-hybridized carbons (Fsp3) is 0.538. The number of ether oxygens (including phenoxy) is 1. The van der Waals surface area contributed by atoms with Crippen molar-refractivity contribution in [2.75, 3.05) is 40.8 Å². The molecule has 122 valence electrons. The van der Waals surface area contributed by atoms with E-state index >= 15 is 0 Å². The average Bonchev–Trinajstić information content (AvgIpc) is 2.79. The van der Waals surface area contributed by atoms with Crippen LogP contribution in [0.25, 0.3) is 0 Å². The fourth-order valence-corrected chi connectivity index (χ4v) is 1.71. The van der Waals surface area contributed by atoms with Crippen molar-refractivity contribution < 1.29 is 23.9 Å². The zero-order valence-electron chi connectivity index (χ0n) is 12.8. The number of nitrogens with two attached hydrogens (primary N) is 1. The first-order valence-corrected chi connectivity index (χ1v) is 6.61. The fourth-order valence-electron chi connectivity index (χ4n) is 1.71. The van der Waals surface area contributed by atoms with Crippen molar-refractivity contribution in [2.45, 2.75) is 6.04 Å². The van der Waals surface area contributed by atoms with E-state index in [1.165, 1.54) is 11.9 Å². The molecule has 0 spiro atoms. The van der Waals surface area contributed by atoms with E-state index in [1.54, 1.807) is 14.1 Å². The molecule has 0 saturated carbocycles. The highest BCUT2D eigenvalue weighted by atomic mass is 16.6. The maximum absolute atomic E-state index is 11.8. The summed E-state index contributed by atoms with van der Waals surface area (Å²) < 4.78 is 5.01. The van der Waals surface area contributed by atoms with Gasteiger partial charge in [-0.2, -0.15) is 0 Å². The Labute approximate surface area is 128 Å². The minimum absolute atomic E-state index is 0.0349. The summed E-state index contributed by atoms with van der Waals surface area (Å²) in [5.41, 5.74) is 5.52. The van der Waals surface area contributed by atoms with Crippen LogP contribution in [0.2, 0.25) is 0 Å². The molecule has 0 bridgehead atoms. The van der Waals surface area contributed by atoms with Gasteiger partial charge in [0.05, 0.1) is 6.04 Å². The van der Waals surface area contributed by atoms with Crippen LogP contribution >= 0.6 is 0 Å². The molecule has 4 amide bonds. The standard InChI is InChI=1S/C13H20N4O5/c1-15(2)12(20)7-16(3)13(21)22-8-9(6-14)17-10(18)4-5-11(17)19/h4-5,9H,6-8,14H2,1-3H3/t9-/m0/s1. The molecular formula is C13H20N4O5. The summed E-state index contributed by atoms with van der Waals surface area (Å²) in [6.07, 6.45) is 1.53. The van der Waals surface area contributed by atoms with E-state index in [9.17, 15) is 19.2 Å². The normalized spacial score (nSPS) is 15.0. The monoisotopic (exact) mass is 312 g/mol. The quantitative estimate of drug-likeness (QED) is 0.591. The summed E-state index contributed by atoms with van der Waals surface area (Å²) in [6.45, 7) is -0.399. The molecule has 0 aromatic rings. The second-order valence-electron chi connectivity index (χ2n) is 4.99. The summed E-state index contributed by atoms with van der Waals surface area (Å²) >= 11 is 0. The SMILES string of the molecule is CN(C)C(=O)CN(C)C(=O)OC[C@H](CN)N1C(=O)C=CC1=O. The number of rotatable bonds is 6. The molecule has 0 fully saturated rings. The van der Waals surface area contributed by atoms with Crippen molar-refractivity contribution in [3.8, 4) is 0 Å². The second-order valence-corrected chi connectivity index (χ2v) is 4.99. The van der Waals surface area contributed by atoms with Gasteiger partial charge in [0.25, 0.3) is 11.8 Å². The molecular weight excluding hydrogens is 292 g/mol. The number of nitrogens with zero attached hydrogens (tertiary/aromatic N) is 3. The third-order valence-electron chi connectivity index (χ3n) is 3.06. The Hall–Kier alpha value is -2.42. The first-order valence-electron chi connectivity index (χ1n) is 6.61. The Balaban J connectivity index is 2.52. The van der Waals surface area contributed by atoms with Crippen molar-refractivity contribution in [3.05, 3.63) is 12.2 Å². The van der Waals surface area contributed by atoms with Crippen molar-refractivity contribution in [3.63, 3.8) is 0 Å². The van der Waals surface area contributed by atoms with Gasteiger partial charge >= 0.3 is 6.09 Å². The first-order chi connectivity index (χ1) is 10.3. The third kappa shape index (κ3) is 4.29. The lowest BCUT2D eigenvalue weighted by Crippen LogP contribution is -2.48. The summed E-state index contributed by atoms with van der Waals surface area (Å²) in [5.74, 6) is -1.25. The highest BCUT2D eigenvalue weighted by Crippen LogP contribution is 2.09. The van der Waals surface area contributed by atoms with Crippen molar-refractivity contribution in [2.24, 2.45) is 5.73 Å². The van der Waals surface area contributed by atoms with E-state index < -0.39 is 23.9 Å². The van der Waals surface area contributed by atoms with Crippen LogP contribution in [0, 0.1) is 0 Å². The molecule has 0 saturated heterocycles. The van der Waals surface area contributed by atoms with Gasteiger partial charge in [0.2, 0.25) is 5.91 Å². The maximum Gasteiger partial charge on any atom is 0.410 e. The number of hydrogen-bond donors (Lipinski definition) is 1. The van der Waals surface area contributed by atoms with E-state index in [1.807, 2.05) is 0 Å². The van der Waals surface area contributed by atoms with Gasteiger partial charge in [-0.15, -0.1) is 0 Å². The minimum atomic E-state index is -0.739. The van der Waals surface area contributed by atoms with E-state index in [0.717, 1.165) is 22.0 Å². The highest BCUT2D eigenvalue weighted by Gasteiger charge is 2.31. The average molecular weight is 312 g/mol. The molecule has 1 rings (SSSR count). The number of likely N-dealkylation sites (N-methyl/N-ethyl adjacent to an activating group) is 2. The van der Waals surface area contributed by atoms with E-state index in [2.05, 4.69) is 0 Å². The van der Waals surface area contributed by atoms with Gasteiger partial charge in [-0.1, -0.05) is 0 Å². The predicted octanol–water partition coefficient (Wildman–Crippen LogP) is -1.60. The molecule has 2 N–H and O–H groups in total. The van der Waals surface area contributed by atoms with Gasteiger partial charge in [0, 0.05) is 39.8 Å². The van der Waals surface area contributed by atoms with Gasteiger partial charge in [-0.05, 0) is 0 Å². The van der Waals surface area contributed by atoms with Crippen LogP contribution < -0.4 is 5.73 Å². The maximum atomic E-state index is 11.8. The molecule has 0 unspecified atom stereocenters. The van der Waals surface area contributed by atoms with Gasteiger partial charge in [-0.25, -0.2) is 4.79 Å². The van der Waals surface area contributed by atoms with E-state index in [0.29, 0.717) is 0 Å². The van der Waals surface area contributed by atoms with Crippen LogP contribution in [0.1, 0.15) is 0 Å². The Morgan fingerprint density at radius 1 is 1.23 bits per heavy atom. The topological polar surface area (TPSA) is 113 Å². The second kappa shape index (κ2) is 7.55. The van der Waals surface area contributed by atoms with Crippen molar-refractivity contribution in [1.82, 2.24) is 14.7 Å². The molecule has 9 heteroatoms. The number of hydrogen-bond acceptors (Lipinski definition) is 6. The smallest absolute Gasteiger partial charge is 0.410 e. The summed E-state index contributed by atoms with van der Waals surface area (Å²) in [7, 11) is 4.56. The Bertz CT molecular complexity index is 485. The van der Waals surface area contributed by atoms with Gasteiger partial charge < -0.3 is 20.3 Å². The molecule has 1 aliphatic heterocycles. The molecule has 1 atom stereocenters. The zero-order chi connectivity index (χ0) is 16.9. The van der Waals surface area contributed by atoms with Gasteiger partial charge in [0.15, 0.2) is 0 Å². The van der Waals surface area contributed by atoms with Crippen molar-refractivity contribution >= 4 is 23.8 Å². The molecule has 22 heavy (non-hydrogen) atoms. The number of carbonyl (C=O) groups is 4. The number of imide groups is 1. The lowest BCUT2D eigenvalue weighted by molar-refractivity contribution is -0.140. The van der Waals surface area contributed by atoms with E-state index in [4.69, 9.17) is 10.5 Å². The first kappa shape index (κ1) is 17.6. The molecule has 0 aromatic heterocycles. The molecule has 1 aliphatic rings. The molecule has 0 aromatic carbocycles. The zero-order valence-corrected chi connectivity index (χ0v) is 12.8. The Morgan fingerprint density at radius 3 is 2.23 bits per heavy atom. The molecule has 0 aliphatic carbocycles. The van der Waals surface area contributed by atoms with Crippen LogP contribution in [-0.2, 0) is 19.1 Å².